The van der Waals surface area contributed by atoms with Crippen molar-refractivity contribution in [1.82, 2.24) is 10.2 Å². The van der Waals surface area contributed by atoms with Crippen molar-refractivity contribution >= 4 is 11.9 Å². The molecule has 6 unspecified atom stereocenters. The number of carbonyl (C=O) groups excluding carboxylic acids is 2. The van der Waals surface area contributed by atoms with E-state index in [1.165, 1.54) is 44.1 Å². The predicted octanol–water partition coefficient (Wildman–Crippen LogP) is -0.187. The Balaban J connectivity index is 1.59. The van der Waals surface area contributed by atoms with Crippen LogP contribution in [-0.2, 0) is 14.3 Å². The second-order valence-corrected chi connectivity index (χ2v) is 8.97. The molecule has 3 heterocycles. The molecule has 0 aromatic carbocycles. The van der Waals surface area contributed by atoms with Crippen molar-refractivity contribution < 1.29 is 19.2 Å². The molecule has 7 heteroatoms. The third-order valence-electron chi connectivity index (χ3n) is 7.40. The number of ether oxygens (including phenoxy) is 1. The molecule has 0 bridgehead atoms. The molecule has 0 aromatic rings. The Labute approximate surface area is 161 Å². The van der Waals surface area contributed by atoms with Crippen molar-refractivity contribution in [3.63, 3.8) is 0 Å². The number of hydrogen-bond acceptors (Lipinski definition) is 5. The number of amides is 1. The Hall–Kier alpha value is -1.18. The fraction of sp³-hybridized carbons (Fsp3) is 0.900. The molecule has 1 saturated carbocycles. The van der Waals surface area contributed by atoms with Crippen molar-refractivity contribution in [2.24, 2.45) is 23.5 Å². The Morgan fingerprint density at radius 3 is 2.70 bits per heavy atom. The Morgan fingerprint density at radius 1 is 1.22 bits per heavy atom. The van der Waals surface area contributed by atoms with Gasteiger partial charge in [0.2, 0.25) is 5.91 Å². The molecule has 4 rings (SSSR count). The van der Waals surface area contributed by atoms with Crippen LogP contribution >= 0.6 is 0 Å². The van der Waals surface area contributed by atoms with Gasteiger partial charge in [-0.3, -0.25) is 15.3 Å². The largest absolute Gasteiger partial charge is 0.469 e. The van der Waals surface area contributed by atoms with E-state index < -0.39 is 5.92 Å². The molecule has 3 aliphatic heterocycles. The lowest BCUT2D eigenvalue weighted by atomic mass is 9.79. The summed E-state index contributed by atoms with van der Waals surface area (Å²) in [6.45, 7) is 1.77. The summed E-state index contributed by atoms with van der Waals surface area (Å²) in [4.78, 5) is 28.9. The normalized spacial score (nSPS) is 40.2. The molecule has 0 spiro atoms. The molecule has 6 atom stereocenters. The molecule has 0 aromatic heterocycles. The monoisotopic (exact) mass is 379 g/mol. The van der Waals surface area contributed by atoms with Gasteiger partial charge >= 0.3 is 5.97 Å². The topological polar surface area (TPSA) is 89.1 Å². The third kappa shape index (κ3) is 3.61. The van der Waals surface area contributed by atoms with E-state index in [1.54, 1.807) is 0 Å². The predicted molar refractivity (Wildman–Crippen MR) is 100 cm³/mol. The van der Waals surface area contributed by atoms with Gasteiger partial charge in [-0.2, -0.15) is 0 Å². The van der Waals surface area contributed by atoms with Crippen molar-refractivity contribution in [2.45, 2.75) is 76.3 Å². The third-order valence-corrected chi connectivity index (χ3v) is 7.40. The maximum absolute atomic E-state index is 13.3. The van der Waals surface area contributed by atoms with E-state index in [-0.39, 0.29) is 36.3 Å². The number of esters is 1. The first-order chi connectivity index (χ1) is 13.1. The zero-order chi connectivity index (χ0) is 19.0. The van der Waals surface area contributed by atoms with E-state index in [4.69, 9.17) is 10.5 Å². The van der Waals surface area contributed by atoms with Gasteiger partial charge in [-0.15, -0.1) is 0 Å². The van der Waals surface area contributed by atoms with Gasteiger partial charge in [-0.25, -0.2) is 5.32 Å². The number of nitrogens with one attached hydrogen (secondary N) is 2. The van der Waals surface area contributed by atoms with E-state index in [1.807, 2.05) is 4.90 Å². The highest BCUT2D eigenvalue weighted by Gasteiger charge is 2.55. The van der Waals surface area contributed by atoms with Crippen LogP contribution in [0.4, 0.5) is 0 Å². The molecular formula is C20H35N4O3+. The van der Waals surface area contributed by atoms with Gasteiger partial charge in [0.1, 0.15) is 11.8 Å². The molecule has 27 heavy (non-hydrogen) atoms. The number of fused-ring (bicyclic) bond motifs is 2. The minimum atomic E-state index is -0.401. The number of piperidine rings is 2. The highest BCUT2D eigenvalue weighted by atomic mass is 16.5. The number of methoxy groups -OCH3 is 1. The van der Waals surface area contributed by atoms with Gasteiger partial charge in [0.15, 0.2) is 12.3 Å². The standard InChI is InChI=1S/C20H34N4O3/c1-27-20(26)14-11-15-18(22-16-9-5-6-10-23(16)19(15)25)24(17(14)21)12-13-7-3-2-4-8-13/h13-18,22H,2-12,21H2,1H3/p+1. The van der Waals surface area contributed by atoms with Crippen LogP contribution in [0.1, 0.15) is 57.8 Å². The number of carbonyl (C=O) groups is 2. The molecule has 1 aliphatic carbocycles. The highest BCUT2D eigenvalue weighted by Crippen LogP contribution is 2.31. The average Bonchev–Trinajstić information content (AvgIpc) is 2.70. The Bertz CT molecular complexity index is 565. The second-order valence-electron chi connectivity index (χ2n) is 8.97. The van der Waals surface area contributed by atoms with Crippen LogP contribution in [0, 0.1) is 17.8 Å². The van der Waals surface area contributed by atoms with Crippen LogP contribution in [0.5, 0.6) is 0 Å². The zero-order valence-corrected chi connectivity index (χ0v) is 16.5. The summed E-state index contributed by atoms with van der Waals surface area (Å²) in [6, 6.07) is 0. The summed E-state index contributed by atoms with van der Waals surface area (Å²) < 4.78 is 5.04. The van der Waals surface area contributed by atoms with Crippen LogP contribution in [0.2, 0.25) is 0 Å². The highest BCUT2D eigenvalue weighted by molar-refractivity contribution is 5.82. The van der Waals surface area contributed by atoms with Crippen molar-refractivity contribution in [2.75, 3.05) is 20.2 Å². The van der Waals surface area contributed by atoms with Gasteiger partial charge < -0.3 is 14.5 Å². The van der Waals surface area contributed by atoms with E-state index in [2.05, 4.69) is 5.32 Å². The fourth-order valence-corrected chi connectivity index (χ4v) is 5.92. The van der Waals surface area contributed by atoms with Gasteiger partial charge in [-0.05, 0) is 38.5 Å². The summed E-state index contributed by atoms with van der Waals surface area (Å²) in [5, 5.41) is 3.77. The van der Waals surface area contributed by atoms with Crippen molar-refractivity contribution in [1.29, 1.82) is 0 Å². The number of nitrogens with two attached hydrogens (primary N) is 1. The first kappa shape index (κ1) is 19.2. The molecule has 4 N–H and O–H groups in total. The number of likely N-dealkylation sites (tertiary alicyclic amines) is 1. The molecular weight excluding hydrogens is 344 g/mol. The lowest BCUT2D eigenvalue weighted by Crippen LogP contribution is -3.26. The van der Waals surface area contributed by atoms with E-state index in [0.717, 1.165) is 32.4 Å². The maximum Gasteiger partial charge on any atom is 0.316 e. The molecule has 152 valence electrons. The smallest absolute Gasteiger partial charge is 0.316 e. The first-order valence-electron chi connectivity index (χ1n) is 10.9. The van der Waals surface area contributed by atoms with Crippen molar-refractivity contribution in [3.8, 4) is 0 Å². The maximum atomic E-state index is 13.3. The SMILES string of the molecule is COC(=O)C1CC2C(=O)N3CCCCC3NC2[NH+](CC2CCCCC2)C1N. The molecule has 4 fully saturated rings. The number of hydrogen-bond donors (Lipinski definition) is 3. The van der Waals surface area contributed by atoms with Crippen LogP contribution in [0.3, 0.4) is 0 Å². The molecule has 3 saturated heterocycles. The van der Waals surface area contributed by atoms with Gasteiger partial charge in [-0.1, -0.05) is 19.3 Å². The lowest BCUT2D eigenvalue weighted by Gasteiger charge is -2.53. The minimum Gasteiger partial charge on any atom is -0.469 e. The van der Waals surface area contributed by atoms with Crippen LogP contribution in [0.25, 0.3) is 0 Å². The number of rotatable bonds is 3. The summed E-state index contributed by atoms with van der Waals surface area (Å²) in [5.41, 5.74) is 6.63. The number of quaternary nitrogens is 1. The second kappa shape index (κ2) is 8.05. The quantitative estimate of drug-likeness (QED) is 0.592. The molecule has 1 amide bonds. The fourth-order valence-electron chi connectivity index (χ4n) is 5.92. The van der Waals surface area contributed by atoms with Crippen LogP contribution in [-0.4, -0.2) is 55.5 Å². The molecule has 4 aliphatic rings. The van der Waals surface area contributed by atoms with E-state index in [9.17, 15) is 9.59 Å². The average molecular weight is 380 g/mol. The Morgan fingerprint density at radius 2 is 1.96 bits per heavy atom. The van der Waals surface area contributed by atoms with Gasteiger partial charge in [0, 0.05) is 12.5 Å². The van der Waals surface area contributed by atoms with E-state index >= 15 is 0 Å². The number of nitrogens with zero attached hydrogens (tertiary/aromatic N) is 1. The minimum absolute atomic E-state index is 0.0229. The first-order valence-corrected chi connectivity index (χ1v) is 10.9. The van der Waals surface area contributed by atoms with Gasteiger partial charge in [0.05, 0.1) is 19.8 Å². The van der Waals surface area contributed by atoms with Gasteiger partial charge in [0.25, 0.3) is 0 Å². The zero-order valence-electron chi connectivity index (χ0n) is 16.5. The van der Waals surface area contributed by atoms with Crippen LogP contribution < -0.4 is 16.0 Å². The summed E-state index contributed by atoms with van der Waals surface area (Å²) in [5.74, 6) is 0.00275. The summed E-state index contributed by atoms with van der Waals surface area (Å²) in [7, 11) is 1.42. The summed E-state index contributed by atoms with van der Waals surface area (Å²) in [6.07, 6.45) is 9.95. The Kier molecular flexibility index (Phi) is 5.71. The van der Waals surface area contributed by atoms with E-state index in [0.29, 0.717) is 12.3 Å². The lowest BCUT2D eigenvalue weighted by molar-refractivity contribution is -0.968. The van der Waals surface area contributed by atoms with Crippen molar-refractivity contribution in [3.05, 3.63) is 0 Å². The summed E-state index contributed by atoms with van der Waals surface area (Å²) >= 11 is 0. The molecule has 7 nitrogen and oxygen atoms in total. The van der Waals surface area contributed by atoms with Crippen LogP contribution in [0.15, 0.2) is 0 Å². The molecule has 0 radical (unpaired) electrons.